The van der Waals surface area contributed by atoms with Crippen LogP contribution in [0.5, 0.6) is 0 Å². The van der Waals surface area contributed by atoms with Gasteiger partial charge in [0, 0.05) is 44.8 Å². The van der Waals surface area contributed by atoms with Gasteiger partial charge in [0.15, 0.2) is 0 Å². The molecule has 4 heterocycles. The number of aromatic nitrogens is 3. The number of hydrogen-bond acceptors (Lipinski definition) is 2. The molecule has 11 aromatic rings. The first-order valence-electron chi connectivity index (χ1n) is 24.0. The summed E-state index contributed by atoms with van der Waals surface area (Å²) in [5.74, 6) is 0.950. The fourth-order valence-electron chi connectivity index (χ4n) is 11.3. The molecule has 0 fully saturated rings. The van der Waals surface area contributed by atoms with E-state index in [-0.39, 0.29) is 17.5 Å². The Balaban J connectivity index is 1.14. The molecule has 13 rings (SSSR count). The second-order valence-corrected chi connectivity index (χ2v) is 20.8. The lowest BCUT2D eigenvalue weighted by atomic mass is 9.33. The normalized spacial score (nSPS) is 13.1. The minimum atomic E-state index is -0.121. The Kier molecular flexibility index (Phi) is 8.80. The number of benzene rings is 9. The number of fused-ring (bicyclic) bond motifs is 7. The lowest BCUT2D eigenvalue weighted by Gasteiger charge is -2.41. The van der Waals surface area contributed by atoms with Crippen LogP contribution >= 0.6 is 0 Å². The fourth-order valence-corrected chi connectivity index (χ4v) is 11.3. The van der Waals surface area contributed by atoms with Gasteiger partial charge in [0.2, 0.25) is 0 Å². The molecule has 2 aromatic heterocycles. The molecular weight excluding hydrogens is 824 g/mol. The summed E-state index contributed by atoms with van der Waals surface area (Å²) >= 11 is 0. The van der Waals surface area contributed by atoms with E-state index < -0.39 is 0 Å². The third kappa shape index (κ3) is 6.04. The van der Waals surface area contributed by atoms with Gasteiger partial charge in [0.1, 0.15) is 5.82 Å². The molecular formula is C63H51BN4. The molecule has 0 bridgehead atoms. The SMILES string of the molecule is CC(C)(C)c1ccc(N2c3cc(-n4c5ccccc5c5ccccc54)ccc3B3c4c2cccc4-n2c(-c4c(-c5ccccc5)cccc4-c4ccccc4)nc4cc(C(C)(C)C)cc3c42)cc1. The summed E-state index contributed by atoms with van der Waals surface area (Å²) in [6.07, 6.45) is 0. The highest BCUT2D eigenvalue weighted by atomic mass is 15.2. The van der Waals surface area contributed by atoms with Crippen LogP contribution in [0.3, 0.4) is 0 Å². The summed E-state index contributed by atoms with van der Waals surface area (Å²) in [6.45, 7) is 13.8. The molecule has 0 N–H and O–H groups in total. The maximum Gasteiger partial charge on any atom is 0.252 e. The Bertz CT molecular complexity index is 3700. The topological polar surface area (TPSA) is 26.0 Å². The Hall–Kier alpha value is -7.89. The molecule has 0 aliphatic carbocycles. The molecule has 0 unspecified atom stereocenters. The van der Waals surface area contributed by atoms with Gasteiger partial charge >= 0.3 is 0 Å². The van der Waals surface area contributed by atoms with Crippen molar-refractivity contribution in [3.05, 3.63) is 211 Å². The monoisotopic (exact) mass is 874 g/mol. The molecule has 68 heavy (non-hydrogen) atoms. The second kappa shape index (κ2) is 14.8. The highest BCUT2D eigenvalue weighted by Crippen LogP contribution is 2.46. The molecule has 0 radical (unpaired) electrons. The largest absolute Gasteiger partial charge is 0.311 e. The van der Waals surface area contributed by atoms with E-state index in [9.17, 15) is 0 Å². The maximum absolute atomic E-state index is 5.84. The summed E-state index contributed by atoms with van der Waals surface area (Å²) in [5.41, 5.74) is 22.5. The second-order valence-electron chi connectivity index (χ2n) is 20.8. The smallest absolute Gasteiger partial charge is 0.252 e. The average Bonchev–Trinajstić information content (AvgIpc) is 3.91. The lowest BCUT2D eigenvalue weighted by Crippen LogP contribution is -2.60. The van der Waals surface area contributed by atoms with Crippen LogP contribution in [0.15, 0.2) is 200 Å². The fraction of sp³-hybridized carbons (Fsp3) is 0.127. The maximum atomic E-state index is 5.84. The molecule has 2 aliphatic rings. The van der Waals surface area contributed by atoms with Gasteiger partial charge in [-0.15, -0.1) is 0 Å². The molecule has 0 saturated heterocycles. The Labute approximate surface area is 398 Å². The summed E-state index contributed by atoms with van der Waals surface area (Å²) in [5, 5.41) is 2.51. The minimum absolute atomic E-state index is 0.0192. The van der Waals surface area contributed by atoms with Gasteiger partial charge in [-0.25, -0.2) is 4.98 Å². The molecule has 0 spiro atoms. The Morgan fingerprint density at radius 2 is 0.985 bits per heavy atom. The Morgan fingerprint density at radius 1 is 0.426 bits per heavy atom. The minimum Gasteiger partial charge on any atom is -0.311 e. The van der Waals surface area contributed by atoms with E-state index >= 15 is 0 Å². The summed E-state index contributed by atoms with van der Waals surface area (Å²) in [4.78, 5) is 8.37. The van der Waals surface area contributed by atoms with Gasteiger partial charge in [-0.2, -0.15) is 0 Å². The van der Waals surface area contributed by atoms with Gasteiger partial charge < -0.3 is 9.47 Å². The van der Waals surface area contributed by atoms with Gasteiger partial charge in [0.05, 0.1) is 22.1 Å². The first-order valence-corrected chi connectivity index (χ1v) is 24.0. The van der Waals surface area contributed by atoms with Gasteiger partial charge in [0.25, 0.3) is 6.71 Å². The molecule has 0 atom stereocenters. The molecule has 4 nitrogen and oxygen atoms in total. The van der Waals surface area contributed by atoms with Crippen molar-refractivity contribution in [2.75, 3.05) is 4.90 Å². The Morgan fingerprint density at radius 3 is 1.60 bits per heavy atom. The van der Waals surface area contributed by atoms with E-state index in [2.05, 4.69) is 256 Å². The molecule has 2 aliphatic heterocycles. The molecule has 5 heteroatoms. The zero-order chi connectivity index (χ0) is 46.1. The first kappa shape index (κ1) is 40.4. The van der Waals surface area contributed by atoms with E-state index in [0.29, 0.717) is 0 Å². The van der Waals surface area contributed by atoms with Crippen LogP contribution < -0.4 is 21.3 Å². The van der Waals surface area contributed by atoms with Crippen LogP contribution in [0.25, 0.3) is 77.9 Å². The molecule has 326 valence electrons. The molecule has 0 amide bonds. The number of para-hydroxylation sites is 2. The third-order valence-corrected chi connectivity index (χ3v) is 14.6. The zero-order valence-corrected chi connectivity index (χ0v) is 39.4. The zero-order valence-electron chi connectivity index (χ0n) is 39.4. The average molecular weight is 875 g/mol. The van der Waals surface area contributed by atoms with Gasteiger partial charge in [-0.3, -0.25) is 4.57 Å². The summed E-state index contributed by atoms with van der Waals surface area (Å²) in [7, 11) is 0. The van der Waals surface area contributed by atoms with Crippen molar-refractivity contribution in [3.8, 4) is 45.0 Å². The number of imidazole rings is 1. The van der Waals surface area contributed by atoms with Crippen LogP contribution in [0.4, 0.5) is 17.1 Å². The van der Waals surface area contributed by atoms with Crippen molar-refractivity contribution in [2.24, 2.45) is 0 Å². The van der Waals surface area contributed by atoms with Gasteiger partial charge in [-0.1, -0.05) is 187 Å². The summed E-state index contributed by atoms with van der Waals surface area (Å²) in [6, 6.07) is 74.4. The van der Waals surface area contributed by atoms with Crippen molar-refractivity contribution >= 4 is 73.0 Å². The van der Waals surface area contributed by atoms with Crippen LogP contribution in [0.1, 0.15) is 52.7 Å². The van der Waals surface area contributed by atoms with Gasteiger partial charge in [-0.05, 0) is 115 Å². The highest BCUT2D eigenvalue weighted by Gasteiger charge is 2.43. The van der Waals surface area contributed by atoms with Crippen molar-refractivity contribution in [1.82, 2.24) is 14.1 Å². The number of hydrogen-bond donors (Lipinski definition) is 0. The van der Waals surface area contributed by atoms with Crippen LogP contribution in [-0.2, 0) is 10.8 Å². The number of rotatable bonds is 5. The first-order chi connectivity index (χ1) is 33.0. The summed E-state index contributed by atoms with van der Waals surface area (Å²) < 4.78 is 4.96. The van der Waals surface area contributed by atoms with E-state index in [1.54, 1.807) is 0 Å². The van der Waals surface area contributed by atoms with Crippen molar-refractivity contribution in [1.29, 1.82) is 0 Å². The molecule has 0 saturated carbocycles. The molecule has 9 aromatic carbocycles. The predicted molar refractivity (Wildman–Crippen MR) is 288 cm³/mol. The van der Waals surface area contributed by atoms with E-state index in [0.717, 1.165) is 56.2 Å². The van der Waals surface area contributed by atoms with Crippen molar-refractivity contribution < 1.29 is 0 Å². The van der Waals surface area contributed by atoms with Crippen molar-refractivity contribution in [2.45, 2.75) is 52.4 Å². The quantitative estimate of drug-likeness (QED) is 0.161. The highest BCUT2D eigenvalue weighted by molar-refractivity contribution is 7.00. The lowest BCUT2D eigenvalue weighted by molar-refractivity contribution is 0.590. The van der Waals surface area contributed by atoms with Crippen molar-refractivity contribution in [3.63, 3.8) is 0 Å². The number of nitrogens with zero attached hydrogens (tertiary/aromatic N) is 4. The predicted octanol–water partition coefficient (Wildman–Crippen LogP) is 14.3. The van der Waals surface area contributed by atoms with E-state index in [1.807, 2.05) is 0 Å². The van der Waals surface area contributed by atoms with E-state index in [1.165, 1.54) is 66.2 Å². The van der Waals surface area contributed by atoms with Crippen LogP contribution in [-0.4, -0.2) is 20.8 Å². The van der Waals surface area contributed by atoms with Crippen LogP contribution in [0.2, 0.25) is 0 Å². The van der Waals surface area contributed by atoms with E-state index in [4.69, 9.17) is 4.98 Å². The standard InChI is InChI=1S/C63H51BN4/c1-62(2,3)42-31-33-44(34-32-42)66-55-29-18-30-56-59(55)64(50-36-35-45(39-57(50)66)67-53-27-15-13-23-48(53)49-24-14-16-28-54(49)67)51-37-43(63(4,5)6)38-52-60(51)68(56)61(65-52)58-46(40-19-9-7-10-20-40)25-17-26-47(58)41-21-11-8-12-22-41/h7-39H,1-6H3. The number of anilines is 3. The van der Waals surface area contributed by atoms with Crippen LogP contribution in [0, 0.1) is 0 Å². The third-order valence-electron chi connectivity index (χ3n) is 14.6.